The van der Waals surface area contributed by atoms with Crippen LogP contribution >= 0.6 is 0 Å². The molecule has 10 heteroatoms. The molecule has 0 aliphatic carbocycles. The molecule has 1 unspecified atom stereocenters. The summed E-state index contributed by atoms with van der Waals surface area (Å²) in [5.41, 5.74) is 6.71. The highest BCUT2D eigenvalue weighted by molar-refractivity contribution is 5.77. The molecule has 2 atom stereocenters. The molecule has 2 heterocycles. The van der Waals surface area contributed by atoms with Crippen molar-refractivity contribution in [3.63, 3.8) is 0 Å². The second-order valence-corrected chi connectivity index (χ2v) is 7.02. The van der Waals surface area contributed by atoms with Crippen LogP contribution in [0.3, 0.4) is 0 Å². The number of aromatic nitrogens is 2. The first-order valence-electron chi connectivity index (χ1n) is 8.98. The third-order valence-corrected chi connectivity index (χ3v) is 4.88. The molecule has 156 valence electrons. The molecule has 1 aromatic carbocycles. The number of benzene rings is 1. The third kappa shape index (κ3) is 4.69. The second kappa shape index (κ2) is 8.02. The first kappa shape index (κ1) is 21.1. The molecule has 1 amide bonds. The van der Waals surface area contributed by atoms with Crippen molar-refractivity contribution in [1.29, 1.82) is 0 Å². The van der Waals surface area contributed by atoms with Gasteiger partial charge in [0.2, 0.25) is 11.7 Å². The first-order valence-corrected chi connectivity index (χ1v) is 8.98. The highest BCUT2D eigenvalue weighted by Gasteiger charge is 2.37. The Labute approximate surface area is 163 Å². The van der Waals surface area contributed by atoms with Gasteiger partial charge in [0.1, 0.15) is 11.6 Å². The Balaban J connectivity index is 1.71. The van der Waals surface area contributed by atoms with Crippen LogP contribution in [-0.4, -0.2) is 33.4 Å². The Hall–Kier alpha value is -2.62. The summed E-state index contributed by atoms with van der Waals surface area (Å²) in [4.78, 5) is 21.0. The van der Waals surface area contributed by atoms with Gasteiger partial charge >= 0.3 is 6.18 Å². The van der Waals surface area contributed by atoms with E-state index in [2.05, 4.69) is 9.97 Å². The van der Waals surface area contributed by atoms with Gasteiger partial charge in [-0.2, -0.15) is 13.2 Å². The van der Waals surface area contributed by atoms with Crippen LogP contribution < -0.4 is 5.73 Å². The van der Waals surface area contributed by atoms with Crippen LogP contribution in [0, 0.1) is 11.6 Å². The normalized spacial score (nSPS) is 17.8. The predicted octanol–water partition coefficient (Wildman–Crippen LogP) is 3.18. The van der Waals surface area contributed by atoms with E-state index in [-0.39, 0.29) is 36.6 Å². The van der Waals surface area contributed by atoms with Crippen molar-refractivity contribution in [3.05, 3.63) is 58.7 Å². The smallest absolute Gasteiger partial charge is 0.334 e. The monoisotopic (exact) mass is 414 g/mol. The maximum Gasteiger partial charge on any atom is 0.451 e. The third-order valence-electron chi connectivity index (χ3n) is 4.88. The summed E-state index contributed by atoms with van der Waals surface area (Å²) in [6.45, 7) is 1.86. The number of alkyl halides is 3. The zero-order chi connectivity index (χ0) is 21.3. The fourth-order valence-corrected chi connectivity index (χ4v) is 3.43. The van der Waals surface area contributed by atoms with Crippen LogP contribution in [0.5, 0.6) is 0 Å². The zero-order valence-electron chi connectivity index (χ0n) is 15.5. The van der Waals surface area contributed by atoms with E-state index in [0.29, 0.717) is 12.0 Å². The van der Waals surface area contributed by atoms with Gasteiger partial charge in [0.25, 0.3) is 0 Å². The van der Waals surface area contributed by atoms with E-state index in [4.69, 9.17) is 5.73 Å². The first-order chi connectivity index (χ1) is 13.6. The zero-order valence-corrected chi connectivity index (χ0v) is 15.5. The number of halogens is 5. The number of hydrogen-bond donors (Lipinski definition) is 1. The van der Waals surface area contributed by atoms with E-state index in [0.717, 1.165) is 24.4 Å². The van der Waals surface area contributed by atoms with E-state index in [9.17, 15) is 26.7 Å². The average molecular weight is 414 g/mol. The molecule has 3 rings (SSSR count). The molecule has 1 aliphatic rings. The van der Waals surface area contributed by atoms with Crippen LogP contribution in [0.4, 0.5) is 22.0 Å². The van der Waals surface area contributed by atoms with Gasteiger partial charge < -0.3 is 10.6 Å². The van der Waals surface area contributed by atoms with Crippen molar-refractivity contribution < 1.29 is 26.7 Å². The molecule has 2 aromatic rings. The van der Waals surface area contributed by atoms with E-state index >= 15 is 0 Å². The Morgan fingerprint density at radius 2 is 2.07 bits per heavy atom. The van der Waals surface area contributed by atoms with Crippen molar-refractivity contribution in [3.8, 4) is 0 Å². The summed E-state index contributed by atoms with van der Waals surface area (Å²) in [7, 11) is 0. The predicted molar refractivity (Wildman–Crippen MR) is 93.5 cm³/mol. The van der Waals surface area contributed by atoms with Crippen LogP contribution in [0.15, 0.2) is 24.4 Å². The summed E-state index contributed by atoms with van der Waals surface area (Å²) in [6.07, 6.45) is -3.43. The van der Waals surface area contributed by atoms with Crippen molar-refractivity contribution in [2.75, 3.05) is 6.54 Å². The number of fused-ring (bicyclic) bond motifs is 1. The Morgan fingerprint density at radius 1 is 1.34 bits per heavy atom. The fourth-order valence-electron chi connectivity index (χ4n) is 3.43. The average Bonchev–Trinajstić information content (AvgIpc) is 2.64. The minimum absolute atomic E-state index is 0.0471. The summed E-state index contributed by atoms with van der Waals surface area (Å²) in [6, 6.07) is 1.53. The van der Waals surface area contributed by atoms with E-state index in [1.54, 1.807) is 6.92 Å². The van der Waals surface area contributed by atoms with Crippen molar-refractivity contribution >= 4 is 5.91 Å². The van der Waals surface area contributed by atoms with Crippen LogP contribution in [0.1, 0.15) is 42.0 Å². The molecule has 0 saturated heterocycles. The van der Waals surface area contributed by atoms with Gasteiger partial charge in [-0.1, -0.05) is 0 Å². The lowest BCUT2D eigenvalue weighted by Gasteiger charge is -2.35. The van der Waals surface area contributed by atoms with Gasteiger partial charge in [0.15, 0.2) is 0 Å². The minimum atomic E-state index is -4.68. The summed E-state index contributed by atoms with van der Waals surface area (Å²) >= 11 is 0. The van der Waals surface area contributed by atoms with Crippen molar-refractivity contribution in [2.24, 2.45) is 5.73 Å². The summed E-state index contributed by atoms with van der Waals surface area (Å²) in [5, 5.41) is 0. The maximum absolute atomic E-state index is 13.8. The van der Waals surface area contributed by atoms with Crippen molar-refractivity contribution in [1.82, 2.24) is 14.9 Å². The Morgan fingerprint density at radius 3 is 2.76 bits per heavy atom. The second-order valence-electron chi connectivity index (χ2n) is 7.02. The molecule has 0 saturated carbocycles. The molecule has 0 fully saturated rings. The lowest BCUT2D eigenvalue weighted by Crippen LogP contribution is -2.42. The number of hydrogen-bond acceptors (Lipinski definition) is 4. The number of nitrogens with two attached hydrogens (primary N) is 1. The van der Waals surface area contributed by atoms with Crippen LogP contribution in [-0.2, 0) is 23.8 Å². The Bertz CT molecular complexity index is 918. The molecule has 1 aromatic heterocycles. The number of carbonyl (C=O) groups excluding carboxylic acids is 1. The summed E-state index contributed by atoms with van der Waals surface area (Å²) < 4.78 is 65.7. The molecule has 5 nitrogen and oxygen atoms in total. The van der Waals surface area contributed by atoms with Gasteiger partial charge in [0, 0.05) is 25.2 Å². The highest BCUT2D eigenvalue weighted by Crippen LogP contribution is 2.32. The van der Waals surface area contributed by atoms with Crippen LogP contribution in [0.25, 0.3) is 0 Å². The maximum atomic E-state index is 13.8. The van der Waals surface area contributed by atoms with Gasteiger partial charge in [-0.15, -0.1) is 0 Å². The molecule has 0 radical (unpaired) electrons. The van der Waals surface area contributed by atoms with E-state index < -0.39 is 35.7 Å². The number of amides is 1. The van der Waals surface area contributed by atoms with Gasteiger partial charge in [0.05, 0.1) is 11.7 Å². The SMILES string of the molecule is CC1c2nc(C(F)(F)F)ncc2CCN1C(=O)C[C@H](N)Cc1cc(F)ccc1F. The molecular weight excluding hydrogens is 395 g/mol. The lowest BCUT2D eigenvalue weighted by atomic mass is 9.98. The van der Waals surface area contributed by atoms with Gasteiger partial charge in [-0.05, 0) is 49.1 Å². The quantitative estimate of drug-likeness (QED) is 0.781. The standard InChI is InChI=1S/C19H19F5N4O/c1-10-17-11(9-26-18(27-17)19(22,23)24)4-5-28(10)16(29)8-14(25)7-12-6-13(20)2-3-15(12)21/h2-3,6,9-10,14H,4-5,7-8,25H2,1H3/t10?,14-/m1/s1. The highest BCUT2D eigenvalue weighted by atomic mass is 19.4. The van der Waals surface area contributed by atoms with E-state index in [1.165, 1.54) is 4.90 Å². The summed E-state index contributed by atoms with van der Waals surface area (Å²) in [5.74, 6) is -2.87. The van der Waals surface area contributed by atoms with Gasteiger partial charge in [-0.25, -0.2) is 18.7 Å². The molecule has 0 bridgehead atoms. The Kier molecular flexibility index (Phi) is 5.83. The lowest BCUT2D eigenvalue weighted by molar-refractivity contribution is -0.145. The molecule has 29 heavy (non-hydrogen) atoms. The number of carbonyl (C=O) groups is 1. The fraction of sp³-hybridized carbons (Fsp3) is 0.421. The van der Waals surface area contributed by atoms with Crippen molar-refractivity contribution in [2.45, 2.75) is 44.4 Å². The number of rotatable bonds is 4. The van der Waals surface area contributed by atoms with E-state index in [1.807, 2.05) is 0 Å². The number of nitrogens with zero attached hydrogens (tertiary/aromatic N) is 3. The molecule has 2 N–H and O–H groups in total. The largest absolute Gasteiger partial charge is 0.451 e. The molecular formula is C19H19F5N4O. The molecule has 1 aliphatic heterocycles. The van der Waals surface area contributed by atoms with Crippen LogP contribution in [0.2, 0.25) is 0 Å². The topological polar surface area (TPSA) is 72.1 Å². The minimum Gasteiger partial charge on any atom is -0.334 e. The van der Waals surface area contributed by atoms with Gasteiger partial charge in [-0.3, -0.25) is 4.79 Å². The molecule has 0 spiro atoms.